The lowest BCUT2D eigenvalue weighted by atomic mass is 10.0. The Morgan fingerprint density at radius 3 is 2.02 bits per heavy atom. The predicted molar refractivity (Wildman–Crippen MR) is 184 cm³/mol. The Bertz CT molecular complexity index is 1700. The zero-order valence-electron chi connectivity index (χ0n) is 29.1. The first-order chi connectivity index (χ1) is 24.0. The summed E-state index contributed by atoms with van der Waals surface area (Å²) in [5, 5.41) is 5.36. The summed E-state index contributed by atoms with van der Waals surface area (Å²) in [4.78, 5) is 77.0. The number of H-pyrrole nitrogens is 2. The van der Waals surface area contributed by atoms with Gasteiger partial charge in [0.25, 0.3) is 0 Å². The highest BCUT2D eigenvalue weighted by atomic mass is 32.1. The van der Waals surface area contributed by atoms with Crippen molar-refractivity contribution in [1.82, 2.24) is 49.8 Å². The topological polar surface area (TPSA) is 192 Å². The van der Waals surface area contributed by atoms with Gasteiger partial charge in [-0.2, -0.15) is 0 Å². The van der Waals surface area contributed by atoms with Crippen LogP contribution in [0.25, 0.3) is 27.1 Å². The van der Waals surface area contributed by atoms with Gasteiger partial charge in [0.05, 0.1) is 55.0 Å². The number of hydrogen-bond donors (Lipinski definition) is 4. The molecule has 4 aromatic rings. The smallest absolute Gasteiger partial charge is 0.407 e. The lowest BCUT2D eigenvalue weighted by Gasteiger charge is -2.30. The van der Waals surface area contributed by atoms with Crippen molar-refractivity contribution in [3.05, 3.63) is 36.3 Å². The van der Waals surface area contributed by atoms with Gasteiger partial charge in [-0.3, -0.25) is 14.0 Å². The van der Waals surface area contributed by atoms with Crippen LogP contribution in [-0.4, -0.2) is 103 Å². The molecule has 2 fully saturated rings. The fraction of sp³-hybridized carbons (Fsp3) is 0.545. The summed E-state index contributed by atoms with van der Waals surface area (Å²) >= 11 is 1.50. The quantitative estimate of drug-likeness (QED) is 0.186. The third-order valence-electron chi connectivity index (χ3n) is 9.38. The van der Waals surface area contributed by atoms with E-state index < -0.39 is 24.3 Å². The second kappa shape index (κ2) is 14.5. The fourth-order valence-corrected chi connectivity index (χ4v) is 7.66. The Morgan fingerprint density at radius 2 is 1.44 bits per heavy atom. The Hall–Kier alpha value is -4.93. The van der Waals surface area contributed by atoms with Crippen molar-refractivity contribution in [3.63, 3.8) is 0 Å². The molecule has 4 N–H and O–H groups in total. The van der Waals surface area contributed by atoms with E-state index in [-0.39, 0.29) is 35.7 Å². The summed E-state index contributed by atoms with van der Waals surface area (Å²) in [6.07, 6.45) is 9.34. The number of aromatic nitrogens is 6. The molecule has 0 spiro atoms. The number of alkyl carbamates (subject to hydrolysis) is 2. The second-order valence-electron chi connectivity index (χ2n) is 13.4. The van der Waals surface area contributed by atoms with Crippen molar-refractivity contribution in [3.8, 4) is 22.1 Å². The lowest BCUT2D eigenvalue weighted by Crippen LogP contribution is -2.51. The average Bonchev–Trinajstić information content (AvgIpc) is 3.93. The zero-order valence-corrected chi connectivity index (χ0v) is 29.9. The number of nitrogens with zero attached hydrogens (tertiary/aromatic N) is 6. The lowest BCUT2D eigenvalue weighted by molar-refractivity contribution is -0.136. The molecule has 6 heterocycles. The molecule has 2 aliphatic heterocycles. The van der Waals surface area contributed by atoms with Crippen molar-refractivity contribution in [2.75, 3.05) is 27.3 Å². The minimum Gasteiger partial charge on any atom is -0.453 e. The number of imidazole rings is 3. The van der Waals surface area contributed by atoms with E-state index in [0.29, 0.717) is 30.4 Å². The number of rotatable bonds is 10. The number of carbonyl (C=O) groups excluding carboxylic acids is 4. The van der Waals surface area contributed by atoms with E-state index >= 15 is 0 Å². The molecule has 2 aliphatic rings. The maximum atomic E-state index is 13.5. The van der Waals surface area contributed by atoms with Gasteiger partial charge in [-0.1, -0.05) is 39.0 Å². The predicted octanol–water partition coefficient (Wildman–Crippen LogP) is 4.26. The molecule has 50 heavy (non-hydrogen) atoms. The van der Waals surface area contributed by atoms with Gasteiger partial charge in [0.1, 0.15) is 23.6 Å². The highest BCUT2D eigenvalue weighted by Gasteiger charge is 2.39. The highest BCUT2D eigenvalue weighted by molar-refractivity contribution is 7.20. The molecule has 2 saturated heterocycles. The molecule has 0 radical (unpaired) electrons. The Kier molecular flexibility index (Phi) is 10.1. The summed E-state index contributed by atoms with van der Waals surface area (Å²) < 4.78 is 11.4. The Morgan fingerprint density at radius 1 is 0.840 bits per heavy atom. The molecular weight excluding hydrogens is 664 g/mol. The number of carbonyl (C=O) groups is 4. The minimum absolute atomic E-state index is 0.113. The molecular formula is C33H44N10O6S. The summed E-state index contributed by atoms with van der Waals surface area (Å²) in [7, 11) is 2.56. The Balaban J connectivity index is 1.15. The van der Waals surface area contributed by atoms with Gasteiger partial charge in [-0.05, 0) is 37.5 Å². The third kappa shape index (κ3) is 6.90. The van der Waals surface area contributed by atoms with E-state index in [0.717, 1.165) is 46.9 Å². The summed E-state index contributed by atoms with van der Waals surface area (Å²) in [5.74, 6) is 0.761. The average molecular weight is 709 g/mol. The van der Waals surface area contributed by atoms with Crippen LogP contribution in [0.1, 0.15) is 77.0 Å². The van der Waals surface area contributed by atoms with Gasteiger partial charge in [0, 0.05) is 25.5 Å². The highest BCUT2D eigenvalue weighted by Crippen LogP contribution is 2.36. The van der Waals surface area contributed by atoms with E-state index in [1.54, 1.807) is 22.2 Å². The van der Waals surface area contributed by atoms with Crippen LogP contribution < -0.4 is 10.6 Å². The van der Waals surface area contributed by atoms with Crippen LogP contribution in [0.15, 0.2) is 24.8 Å². The molecule has 0 aliphatic carbocycles. The molecule has 268 valence electrons. The van der Waals surface area contributed by atoms with Crippen LogP contribution in [0.2, 0.25) is 0 Å². The molecule has 0 aromatic carbocycles. The number of nitrogens with one attached hydrogen (secondary N) is 4. The minimum atomic E-state index is -0.700. The molecule has 0 saturated carbocycles. The standard InChI is InChI=1S/C33H44N10O6S/c1-17(2)25(39-32(46)48-5)29(44)42-11-7-9-22(42)19-13-34-27(36-19)21-15-41-16-24(50-31(41)38-21)20-14-35-28(37-20)23-10-8-12-43(23)30(45)26(18(3)4)40-33(47)49-6/h13-18,22-23,25-26H,7-12H2,1-6H3,(H,34,36)(H,35,37)(H,39,46)(H,40,47)/t22?,23-,25-,26-/m0/s1. The number of thiazole rings is 1. The summed E-state index contributed by atoms with van der Waals surface area (Å²) in [5.41, 5.74) is 2.30. The van der Waals surface area contributed by atoms with Crippen molar-refractivity contribution in [2.24, 2.45) is 11.8 Å². The molecule has 1 unspecified atom stereocenters. The molecule has 16 nitrogen and oxygen atoms in total. The summed E-state index contributed by atoms with van der Waals surface area (Å²) in [6, 6.07) is -1.82. The van der Waals surface area contributed by atoms with Gasteiger partial charge in [0.15, 0.2) is 10.8 Å². The van der Waals surface area contributed by atoms with Crippen LogP contribution in [0.4, 0.5) is 9.59 Å². The van der Waals surface area contributed by atoms with Gasteiger partial charge < -0.3 is 39.9 Å². The number of ether oxygens (including phenoxy) is 2. The molecule has 6 rings (SSSR count). The van der Waals surface area contributed by atoms with Crippen LogP contribution >= 0.6 is 11.3 Å². The maximum Gasteiger partial charge on any atom is 0.407 e. The monoisotopic (exact) mass is 708 g/mol. The molecule has 4 atom stereocenters. The van der Waals surface area contributed by atoms with E-state index in [2.05, 4.69) is 30.6 Å². The van der Waals surface area contributed by atoms with Crippen LogP contribution in [-0.2, 0) is 19.1 Å². The number of aromatic amines is 2. The van der Waals surface area contributed by atoms with Crippen molar-refractivity contribution in [1.29, 1.82) is 0 Å². The second-order valence-corrected chi connectivity index (χ2v) is 14.4. The van der Waals surface area contributed by atoms with E-state index in [1.807, 2.05) is 44.5 Å². The molecule has 4 aromatic heterocycles. The first kappa shape index (κ1) is 34.9. The third-order valence-corrected chi connectivity index (χ3v) is 10.4. The number of likely N-dealkylation sites (tertiary alicyclic amines) is 2. The summed E-state index contributed by atoms with van der Waals surface area (Å²) in [6.45, 7) is 8.73. The number of hydrogen-bond acceptors (Lipinski definition) is 10. The zero-order chi connectivity index (χ0) is 35.7. The maximum absolute atomic E-state index is 13.5. The van der Waals surface area contributed by atoms with Crippen LogP contribution in [0.3, 0.4) is 0 Å². The van der Waals surface area contributed by atoms with Crippen molar-refractivity contribution < 1.29 is 28.7 Å². The van der Waals surface area contributed by atoms with Gasteiger partial charge in [0.2, 0.25) is 11.8 Å². The van der Waals surface area contributed by atoms with Crippen molar-refractivity contribution in [2.45, 2.75) is 77.5 Å². The van der Waals surface area contributed by atoms with Gasteiger partial charge in [-0.15, -0.1) is 0 Å². The first-order valence-corrected chi connectivity index (χ1v) is 17.7. The van der Waals surface area contributed by atoms with Gasteiger partial charge in [-0.25, -0.2) is 24.5 Å². The van der Waals surface area contributed by atoms with E-state index in [4.69, 9.17) is 14.5 Å². The molecule has 4 amide bonds. The SMILES string of the molecule is COC(=O)N[C@H](C(=O)N1CCCC1c1cnc(-c2cn3cc(-c4cnc([C@@H]5CCCN5C(=O)[C@@H](NC(=O)OC)C(C)C)[nH]4)sc3n2)[nH]1)C(C)C. The Labute approximate surface area is 293 Å². The van der Waals surface area contributed by atoms with E-state index in [9.17, 15) is 19.2 Å². The van der Waals surface area contributed by atoms with Crippen LogP contribution in [0.5, 0.6) is 0 Å². The number of fused-ring (bicyclic) bond motifs is 1. The molecule has 0 bridgehead atoms. The molecule has 17 heteroatoms. The number of amides is 4. The van der Waals surface area contributed by atoms with E-state index in [1.165, 1.54) is 25.6 Å². The fourth-order valence-electron chi connectivity index (χ4n) is 6.73. The van der Waals surface area contributed by atoms with Crippen LogP contribution in [0, 0.1) is 11.8 Å². The first-order valence-electron chi connectivity index (χ1n) is 16.9. The normalized spacial score (nSPS) is 19.0. The largest absolute Gasteiger partial charge is 0.453 e. The number of methoxy groups -OCH3 is 2. The van der Waals surface area contributed by atoms with Crippen molar-refractivity contribution >= 4 is 40.3 Å². The van der Waals surface area contributed by atoms with Gasteiger partial charge >= 0.3 is 12.2 Å².